The maximum absolute atomic E-state index is 12.4. The van der Waals surface area contributed by atoms with Gasteiger partial charge in [0.05, 0.1) is 12.8 Å². The zero-order valence-electron chi connectivity index (χ0n) is 18.1. The second kappa shape index (κ2) is 8.29. The Hall–Kier alpha value is -2.96. The standard InChI is InChI=1S/C25H27N3O3/c1-27(13-15-30-2)11-3-12-28-21-7-4-17(25-26-10-14-31-25)16-20(21)24-19-6-9-23(29)18(19)5-8-22(24)28/h4-5,7-8,10,14,16H,3,6,9,11-13,15H2,1-2H3. The Kier molecular flexibility index (Phi) is 5.34. The Morgan fingerprint density at radius 3 is 2.84 bits per heavy atom. The van der Waals surface area contributed by atoms with Gasteiger partial charge in [-0.25, -0.2) is 4.98 Å². The monoisotopic (exact) mass is 417 g/mol. The predicted molar refractivity (Wildman–Crippen MR) is 122 cm³/mol. The summed E-state index contributed by atoms with van der Waals surface area (Å²) in [4.78, 5) is 19.0. The van der Waals surface area contributed by atoms with Gasteiger partial charge in [0, 0.05) is 59.6 Å². The molecule has 0 saturated heterocycles. The molecule has 0 radical (unpaired) electrons. The first-order valence-electron chi connectivity index (χ1n) is 10.9. The Labute approximate surface area is 181 Å². The molecule has 0 saturated carbocycles. The summed E-state index contributed by atoms with van der Waals surface area (Å²) in [5.74, 6) is 0.868. The summed E-state index contributed by atoms with van der Waals surface area (Å²) in [6.07, 6.45) is 5.72. The SMILES string of the molecule is COCCN(C)CCCn1c2ccc(-c3ncco3)cc2c2c3c(ccc21)C(=O)CC3. The van der Waals surface area contributed by atoms with Crippen LogP contribution >= 0.6 is 0 Å². The average molecular weight is 418 g/mol. The van der Waals surface area contributed by atoms with Gasteiger partial charge < -0.3 is 18.6 Å². The van der Waals surface area contributed by atoms with E-state index in [4.69, 9.17) is 9.15 Å². The minimum atomic E-state index is 0.251. The summed E-state index contributed by atoms with van der Waals surface area (Å²) in [7, 11) is 3.87. The lowest BCUT2D eigenvalue weighted by Gasteiger charge is -2.16. The third-order valence-corrected chi connectivity index (χ3v) is 6.32. The number of aryl methyl sites for hydroxylation is 2. The number of ketones is 1. The number of oxazole rings is 1. The molecule has 0 spiro atoms. The van der Waals surface area contributed by atoms with E-state index >= 15 is 0 Å². The molecule has 4 aromatic rings. The van der Waals surface area contributed by atoms with Gasteiger partial charge >= 0.3 is 0 Å². The largest absolute Gasteiger partial charge is 0.445 e. The van der Waals surface area contributed by atoms with Gasteiger partial charge in [-0.05, 0) is 62.3 Å². The smallest absolute Gasteiger partial charge is 0.225 e. The molecule has 1 aliphatic rings. The first-order chi connectivity index (χ1) is 15.2. The third kappa shape index (κ3) is 3.56. The van der Waals surface area contributed by atoms with Crippen LogP contribution in [0.4, 0.5) is 0 Å². The number of likely N-dealkylation sites (N-methyl/N-ethyl adjacent to an activating group) is 1. The maximum Gasteiger partial charge on any atom is 0.225 e. The Morgan fingerprint density at radius 1 is 1.16 bits per heavy atom. The molecule has 0 aliphatic heterocycles. The van der Waals surface area contributed by atoms with Gasteiger partial charge in [0.15, 0.2) is 5.78 Å². The quantitative estimate of drug-likeness (QED) is 0.421. The molecule has 160 valence electrons. The van der Waals surface area contributed by atoms with Crippen LogP contribution in [0.5, 0.6) is 0 Å². The van der Waals surface area contributed by atoms with E-state index in [-0.39, 0.29) is 5.78 Å². The fourth-order valence-corrected chi connectivity index (χ4v) is 4.75. The predicted octanol–water partition coefficient (Wildman–Crippen LogP) is 4.55. The second-order valence-electron chi connectivity index (χ2n) is 8.28. The number of nitrogens with zero attached hydrogens (tertiary/aromatic N) is 3. The van der Waals surface area contributed by atoms with Crippen molar-refractivity contribution in [1.82, 2.24) is 14.5 Å². The minimum absolute atomic E-state index is 0.251. The van der Waals surface area contributed by atoms with Crippen LogP contribution in [0.3, 0.4) is 0 Å². The summed E-state index contributed by atoms with van der Waals surface area (Å²) in [5, 5.41) is 2.38. The minimum Gasteiger partial charge on any atom is -0.445 e. The van der Waals surface area contributed by atoms with E-state index in [0.29, 0.717) is 12.3 Å². The summed E-state index contributed by atoms with van der Waals surface area (Å²) >= 11 is 0. The van der Waals surface area contributed by atoms with Crippen molar-refractivity contribution in [3.63, 3.8) is 0 Å². The van der Waals surface area contributed by atoms with Gasteiger partial charge in [0.25, 0.3) is 0 Å². The number of rotatable bonds is 8. The van der Waals surface area contributed by atoms with Crippen LogP contribution in [0.2, 0.25) is 0 Å². The number of carbonyl (C=O) groups excluding carboxylic acids is 1. The van der Waals surface area contributed by atoms with Crippen molar-refractivity contribution in [3.05, 3.63) is 53.9 Å². The molecule has 0 N–H and O–H groups in total. The van der Waals surface area contributed by atoms with Crippen LogP contribution in [-0.2, 0) is 17.7 Å². The number of carbonyl (C=O) groups is 1. The molecule has 0 amide bonds. The van der Waals surface area contributed by atoms with E-state index in [9.17, 15) is 4.79 Å². The molecule has 0 bridgehead atoms. The van der Waals surface area contributed by atoms with Gasteiger partial charge in [0.2, 0.25) is 5.89 Å². The lowest BCUT2D eigenvalue weighted by atomic mass is 10.0. The summed E-state index contributed by atoms with van der Waals surface area (Å²) in [5.41, 5.74) is 5.42. The average Bonchev–Trinajstić information content (AvgIpc) is 3.51. The van der Waals surface area contributed by atoms with Gasteiger partial charge in [-0.3, -0.25) is 4.79 Å². The molecule has 0 unspecified atom stereocenters. The molecular formula is C25H27N3O3. The number of benzene rings is 2. The van der Waals surface area contributed by atoms with Crippen molar-refractivity contribution in [2.75, 3.05) is 33.9 Å². The lowest BCUT2D eigenvalue weighted by Crippen LogP contribution is -2.24. The highest BCUT2D eigenvalue weighted by molar-refractivity contribution is 6.15. The number of aromatic nitrogens is 2. The number of fused-ring (bicyclic) bond motifs is 5. The fourth-order valence-electron chi connectivity index (χ4n) is 4.75. The zero-order valence-corrected chi connectivity index (χ0v) is 18.1. The number of methoxy groups -OCH3 is 1. The zero-order chi connectivity index (χ0) is 21.4. The van der Waals surface area contributed by atoms with E-state index in [1.807, 2.05) is 6.07 Å². The van der Waals surface area contributed by atoms with Crippen molar-refractivity contribution in [2.24, 2.45) is 0 Å². The van der Waals surface area contributed by atoms with Crippen molar-refractivity contribution >= 4 is 27.6 Å². The molecule has 2 heterocycles. The topological polar surface area (TPSA) is 60.5 Å². The number of hydrogen-bond acceptors (Lipinski definition) is 5. The van der Waals surface area contributed by atoms with E-state index in [1.165, 1.54) is 27.4 Å². The molecule has 2 aromatic heterocycles. The highest BCUT2D eigenvalue weighted by atomic mass is 16.5. The van der Waals surface area contributed by atoms with Gasteiger partial charge in [0.1, 0.15) is 6.26 Å². The number of hydrogen-bond donors (Lipinski definition) is 0. The van der Waals surface area contributed by atoms with Crippen LogP contribution in [-0.4, -0.2) is 54.1 Å². The van der Waals surface area contributed by atoms with Crippen LogP contribution < -0.4 is 0 Å². The van der Waals surface area contributed by atoms with Crippen molar-refractivity contribution in [2.45, 2.75) is 25.8 Å². The molecular weight excluding hydrogens is 390 g/mol. The molecule has 0 fully saturated rings. The lowest BCUT2D eigenvalue weighted by molar-refractivity contribution is 0.0994. The molecule has 0 atom stereocenters. The van der Waals surface area contributed by atoms with Crippen LogP contribution in [0, 0.1) is 0 Å². The van der Waals surface area contributed by atoms with Crippen LogP contribution in [0.1, 0.15) is 28.8 Å². The first-order valence-corrected chi connectivity index (χ1v) is 10.9. The number of ether oxygens (including phenoxy) is 1. The van der Waals surface area contributed by atoms with E-state index < -0.39 is 0 Å². The molecule has 1 aliphatic carbocycles. The van der Waals surface area contributed by atoms with Crippen molar-refractivity contribution < 1.29 is 13.9 Å². The van der Waals surface area contributed by atoms with Crippen LogP contribution in [0.25, 0.3) is 33.3 Å². The molecule has 31 heavy (non-hydrogen) atoms. The Balaban J connectivity index is 1.58. The highest BCUT2D eigenvalue weighted by Crippen LogP contribution is 2.38. The first kappa shape index (κ1) is 20.0. The van der Waals surface area contributed by atoms with E-state index in [0.717, 1.165) is 50.2 Å². The van der Waals surface area contributed by atoms with E-state index in [2.05, 4.69) is 45.8 Å². The normalized spacial score (nSPS) is 13.7. The Bertz CT molecular complexity index is 1240. The van der Waals surface area contributed by atoms with E-state index in [1.54, 1.807) is 19.6 Å². The van der Waals surface area contributed by atoms with Gasteiger partial charge in [-0.1, -0.05) is 0 Å². The van der Waals surface area contributed by atoms with Gasteiger partial charge in [-0.2, -0.15) is 0 Å². The second-order valence-corrected chi connectivity index (χ2v) is 8.28. The molecule has 6 nitrogen and oxygen atoms in total. The molecule has 2 aromatic carbocycles. The fraction of sp³-hybridized carbons (Fsp3) is 0.360. The Morgan fingerprint density at radius 2 is 2.03 bits per heavy atom. The van der Waals surface area contributed by atoms with Gasteiger partial charge in [-0.15, -0.1) is 0 Å². The maximum atomic E-state index is 12.4. The summed E-state index contributed by atoms with van der Waals surface area (Å²) in [6.45, 7) is 3.60. The van der Waals surface area contributed by atoms with Crippen LogP contribution in [0.15, 0.2) is 47.2 Å². The third-order valence-electron chi connectivity index (χ3n) is 6.32. The number of Topliss-reactive ketones (excluding diaryl/α,β-unsaturated/α-hetero) is 1. The highest BCUT2D eigenvalue weighted by Gasteiger charge is 2.25. The van der Waals surface area contributed by atoms with Crippen molar-refractivity contribution in [1.29, 1.82) is 0 Å². The molecule has 6 heteroatoms. The summed E-state index contributed by atoms with van der Waals surface area (Å²) in [6, 6.07) is 10.5. The molecule has 5 rings (SSSR count). The van der Waals surface area contributed by atoms with Crippen molar-refractivity contribution in [3.8, 4) is 11.5 Å². The summed E-state index contributed by atoms with van der Waals surface area (Å²) < 4.78 is 13.1.